The maximum absolute atomic E-state index is 12.7. The Kier molecular flexibility index (Phi) is 6.89. The monoisotopic (exact) mass is 363 g/mol. The van der Waals surface area contributed by atoms with Crippen LogP contribution in [0.4, 0.5) is 0 Å². The van der Waals surface area contributed by atoms with Crippen molar-refractivity contribution in [2.45, 2.75) is 64.6 Å². The van der Waals surface area contributed by atoms with Crippen molar-refractivity contribution in [1.82, 2.24) is 4.90 Å². The molecule has 1 saturated heterocycles. The molecule has 0 aliphatic carbocycles. The lowest BCUT2D eigenvalue weighted by Crippen LogP contribution is -2.51. The van der Waals surface area contributed by atoms with Gasteiger partial charge in [-0.3, -0.25) is 9.59 Å². The van der Waals surface area contributed by atoms with Gasteiger partial charge in [0.1, 0.15) is 0 Å². The zero-order chi connectivity index (χ0) is 19.3. The maximum Gasteiger partial charge on any atom is 0.311 e. The summed E-state index contributed by atoms with van der Waals surface area (Å²) < 4.78 is 15.8. The third-order valence-corrected chi connectivity index (χ3v) is 4.90. The van der Waals surface area contributed by atoms with Crippen molar-refractivity contribution in [2.24, 2.45) is 0 Å². The van der Waals surface area contributed by atoms with Crippen LogP contribution in [0.25, 0.3) is 0 Å². The Bertz CT molecular complexity index is 635. The van der Waals surface area contributed by atoms with Crippen molar-refractivity contribution in [2.75, 3.05) is 14.2 Å². The molecule has 0 N–H and O–H groups in total. The lowest BCUT2D eigenvalue weighted by Gasteiger charge is -2.40. The summed E-state index contributed by atoms with van der Waals surface area (Å²) in [6.45, 7) is 5.74. The summed E-state index contributed by atoms with van der Waals surface area (Å²) in [6, 6.07) is 5.62. The summed E-state index contributed by atoms with van der Waals surface area (Å²) in [7, 11) is 3.10. The van der Waals surface area contributed by atoms with Gasteiger partial charge in [-0.15, -0.1) is 0 Å². The molecule has 144 valence electrons. The highest BCUT2D eigenvalue weighted by molar-refractivity contribution is 5.84. The number of carbonyl (C=O) groups is 2. The average molecular weight is 363 g/mol. The number of piperidine rings is 1. The second-order valence-electron chi connectivity index (χ2n) is 6.87. The van der Waals surface area contributed by atoms with Crippen molar-refractivity contribution in [3.8, 4) is 11.5 Å². The molecule has 1 heterocycles. The number of likely N-dealkylation sites (tertiary alicyclic amines) is 1. The molecule has 1 aliphatic rings. The maximum atomic E-state index is 12.7. The fourth-order valence-electron chi connectivity index (χ4n) is 3.51. The van der Waals surface area contributed by atoms with Crippen LogP contribution < -0.4 is 9.47 Å². The first-order chi connectivity index (χ1) is 12.4. The van der Waals surface area contributed by atoms with Crippen LogP contribution in [0.3, 0.4) is 0 Å². The number of hydrogen-bond acceptors (Lipinski definition) is 5. The van der Waals surface area contributed by atoms with E-state index >= 15 is 0 Å². The van der Waals surface area contributed by atoms with E-state index in [2.05, 4.69) is 0 Å². The number of nitrogens with zero attached hydrogens (tertiary/aromatic N) is 1. The third-order valence-electron chi connectivity index (χ3n) is 4.90. The van der Waals surface area contributed by atoms with Gasteiger partial charge in [-0.05, 0) is 57.7 Å². The highest BCUT2D eigenvalue weighted by Gasteiger charge is 2.33. The van der Waals surface area contributed by atoms with E-state index in [1.54, 1.807) is 39.3 Å². The van der Waals surface area contributed by atoms with Gasteiger partial charge in [-0.25, -0.2) is 0 Å². The van der Waals surface area contributed by atoms with Crippen LogP contribution in [-0.2, 0) is 20.7 Å². The van der Waals surface area contributed by atoms with Crippen LogP contribution in [0.2, 0.25) is 0 Å². The Morgan fingerprint density at radius 2 is 1.73 bits per heavy atom. The molecule has 0 unspecified atom stereocenters. The van der Waals surface area contributed by atoms with Crippen molar-refractivity contribution < 1.29 is 23.8 Å². The van der Waals surface area contributed by atoms with Crippen LogP contribution in [0.1, 0.15) is 45.6 Å². The minimum atomic E-state index is -0.786. The van der Waals surface area contributed by atoms with Crippen LogP contribution in [-0.4, -0.2) is 49.2 Å². The number of rotatable bonds is 6. The summed E-state index contributed by atoms with van der Waals surface area (Å²) in [5.41, 5.74) is 0.743. The minimum Gasteiger partial charge on any atom is -0.493 e. The van der Waals surface area contributed by atoms with Gasteiger partial charge in [0, 0.05) is 12.1 Å². The molecule has 6 heteroatoms. The zero-order valence-electron chi connectivity index (χ0n) is 16.3. The molecule has 2 rings (SSSR count). The lowest BCUT2D eigenvalue weighted by molar-refractivity contribution is -0.161. The molecule has 1 aromatic carbocycles. The molecule has 1 amide bonds. The SMILES string of the molecule is COc1ccc(CC(=O)O[C@H](C)C(=O)N2[C@H](C)CCC[C@@H]2C)cc1OC. The van der Waals surface area contributed by atoms with E-state index in [1.807, 2.05) is 18.7 Å². The lowest BCUT2D eigenvalue weighted by atomic mass is 9.97. The minimum absolute atomic E-state index is 0.0725. The van der Waals surface area contributed by atoms with E-state index in [4.69, 9.17) is 14.2 Å². The van der Waals surface area contributed by atoms with Crippen molar-refractivity contribution in [1.29, 1.82) is 0 Å². The van der Waals surface area contributed by atoms with Gasteiger partial charge in [0.05, 0.1) is 20.6 Å². The second-order valence-corrected chi connectivity index (χ2v) is 6.87. The van der Waals surface area contributed by atoms with Crippen LogP contribution in [0.5, 0.6) is 11.5 Å². The van der Waals surface area contributed by atoms with Gasteiger partial charge >= 0.3 is 5.97 Å². The van der Waals surface area contributed by atoms with E-state index in [1.165, 1.54) is 0 Å². The van der Waals surface area contributed by atoms with Crippen LogP contribution in [0.15, 0.2) is 18.2 Å². The summed E-state index contributed by atoms with van der Waals surface area (Å²) in [6.07, 6.45) is 2.39. The smallest absolute Gasteiger partial charge is 0.311 e. The number of methoxy groups -OCH3 is 2. The van der Waals surface area contributed by atoms with E-state index in [0.29, 0.717) is 11.5 Å². The molecular formula is C20H29NO5. The second kappa shape index (κ2) is 8.92. The van der Waals surface area contributed by atoms with E-state index < -0.39 is 12.1 Å². The molecule has 1 aromatic rings. The molecule has 26 heavy (non-hydrogen) atoms. The molecule has 0 radical (unpaired) electrons. The molecule has 3 atom stereocenters. The first kappa shape index (κ1) is 20.1. The zero-order valence-corrected chi connectivity index (χ0v) is 16.3. The molecular weight excluding hydrogens is 334 g/mol. The molecule has 0 spiro atoms. The van der Waals surface area contributed by atoms with Gasteiger partial charge in [0.2, 0.25) is 0 Å². The van der Waals surface area contributed by atoms with E-state index in [0.717, 1.165) is 24.8 Å². The topological polar surface area (TPSA) is 65.1 Å². The highest BCUT2D eigenvalue weighted by atomic mass is 16.5. The highest BCUT2D eigenvalue weighted by Crippen LogP contribution is 2.28. The van der Waals surface area contributed by atoms with Gasteiger partial charge in [0.15, 0.2) is 17.6 Å². The van der Waals surface area contributed by atoms with E-state index in [-0.39, 0.29) is 24.4 Å². The Balaban J connectivity index is 1.97. The molecule has 0 saturated carbocycles. The van der Waals surface area contributed by atoms with Gasteiger partial charge in [-0.2, -0.15) is 0 Å². The van der Waals surface area contributed by atoms with Crippen molar-refractivity contribution >= 4 is 11.9 Å². The van der Waals surface area contributed by atoms with Crippen LogP contribution in [0, 0.1) is 0 Å². The number of ether oxygens (including phenoxy) is 3. The Labute approximate surface area is 155 Å². The molecule has 0 aromatic heterocycles. The third kappa shape index (κ3) is 4.68. The number of benzene rings is 1. The number of esters is 1. The fraction of sp³-hybridized carbons (Fsp3) is 0.600. The van der Waals surface area contributed by atoms with Gasteiger partial charge < -0.3 is 19.1 Å². The predicted molar refractivity (Wildman–Crippen MR) is 98.4 cm³/mol. The Morgan fingerprint density at radius 1 is 1.12 bits per heavy atom. The molecule has 0 bridgehead atoms. The first-order valence-electron chi connectivity index (χ1n) is 9.10. The molecule has 1 aliphatic heterocycles. The summed E-state index contributed by atoms with van der Waals surface area (Å²) in [4.78, 5) is 26.8. The molecule has 1 fully saturated rings. The van der Waals surface area contributed by atoms with Gasteiger partial charge in [0.25, 0.3) is 5.91 Å². The van der Waals surface area contributed by atoms with Crippen LogP contribution >= 0.6 is 0 Å². The Morgan fingerprint density at radius 3 is 2.31 bits per heavy atom. The predicted octanol–water partition coefficient (Wildman–Crippen LogP) is 2.97. The first-order valence-corrected chi connectivity index (χ1v) is 9.10. The number of amides is 1. The molecule has 6 nitrogen and oxygen atoms in total. The summed E-state index contributed by atoms with van der Waals surface area (Å²) in [5, 5.41) is 0. The van der Waals surface area contributed by atoms with Crippen molar-refractivity contribution in [3.05, 3.63) is 23.8 Å². The Hall–Kier alpha value is -2.24. The summed E-state index contributed by atoms with van der Waals surface area (Å²) >= 11 is 0. The van der Waals surface area contributed by atoms with Crippen molar-refractivity contribution in [3.63, 3.8) is 0 Å². The normalized spacial score (nSPS) is 21.0. The van der Waals surface area contributed by atoms with Gasteiger partial charge in [-0.1, -0.05) is 6.07 Å². The quantitative estimate of drug-likeness (QED) is 0.727. The fourth-order valence-corrected chi connectivity index (χ4v) is 3.51. The summed E-state index contributed by atoms with van der Waals surface area (Å²) in [5.74, 6) is 0.597. The van der Waals surface area contributed by atoms with E-state index in [9.17, 15) is 9.59 Å². The number of carbonyl (C=O) groups excluding carboxylic acids is 2. The standard InChI is InChI=1S/C20H29NO5/c1-13-7-6-8-14(2)21(13)20(23)15(3)26-19(22)12-16-9-10-17(24-4)18(11-16)25-5/h9-11,13-15H,6-8,12H2,1-5H3/t13-,14+,15-/m1/s1. The largest absolute Gasteiger partial charge is 0.493 e. The average Bonchev–Trinajstić information content (AvgIpc) is 2.61. The number of hydrogen-bond donors (Lipinski definition) is 0.